The molecule has 0 atom stereocenters. The van der Waals surface area contributed by atoms with Gasteiger partial charge in [-0.3, -0.25) is 9.59 Å². The predicted octanol–water partition coefficient (Wildman–Crippen LogP) is 3.61. The van der Waals surface area contributed by atoms with E-state index >= 15 is 0 Å². The van der Waals surface area contributed by atoms with Crippen LogP contribution < -0.4 is 15.4 Å². The van der Waals surface area contributed by atoms with E-state index in [4.69, 9.17) is 4.74 Å². The first-order valence-electron chi connectivity index (χ1n) is 7.96. The molecule has 126 valence electrons. The minimum absolute atomic E-state index is 0.0790. The Morgan fingerprint density at radius 2 is 1.33 bits per heavy atom. The number of rotatable bonds is 5. The monoisotopic (exact) mass is 326 g/mol. The Balaban J connectivity index is 1.92. The standard InChI is InChI=1S/C19H22N2O3/c1-4-14-5-7-15(8-6-14)20-18(22)19(23)21-16-9-11-17(12-10-16)24-13(2)3/h5-13H,4H2,1-3H3,(H,20,22)(H,21,23). The van der Waals surface area contributed by atoms with Crippen LogP contribution in [0.3, 0.4) is 0 Å². The Morgan fingerprint density at radius 1 is 0.875 bits per heavy atom. The summed E-state index contributed by atoms with van der Waals surface area (Å²) in [7, 11) is 0. The fourth-order valence-electron chi connectivity index (χ4n) is 2.09. The molecular weight excluding hydrogens is 304 g/mol. The molecule has 0 fully saturated rings. The highest BCUT2D eigenvalue weighted by Crippen LogP contribution is 2.17. The number of carbonyl (C=O) groups is 2. The summed E-state index contributed by atoms with van der Waals surface area (Å²) in [5, 5.41) is 5.13. The molecule has 0 bridgehead atoms. The summed E-state index contributed by atoms with van der Waals surface area (Å²) < 4.78 is 5.53. The maximum atomic E-state index is 11.9. The molecule has 2 rings (SSSR count). The van der Waals surface area contributed by atoms with Crippen LogP contribution in [0.1, 0.15) is 26.3 Å². The number of carbonyl (C=O) groups excluding carboxylic acids is 2. The number of anilines is 2. The number of amides is 2. The maximum Gasteiger partial charge on any atom is 0.314 e. The summed E-state index contributed by atoms with van der Waals surface area (Å²) in [6.45, 7) is 5.93. The van der Waals surface area contributed by atoms with Gasteiger partial charge in [-0.2, -0.15) is 0 Å². The van der Waals surface area contributed by atoms with E-state index in [-0.39, 0.29) is 6.10 Å². The number of ether oxygens (including phenoxy) is 1. The molecule has 5 heteroatoms. The smallest absolute Gasteiger partial charge is 0.314 e. The van der Waals surface area contributed by atoms with E-state index in [0.717, 1.165) is 6.42 Å². The molecule has 0 saturated carbocycles. The van der Waals surface area contributed by atoms with Gasteiger partial charge in [0.25, 0.3) is 0 Å². The minimum atomic E-state index is -0.716. The molecule has 2 N–H and O–H groups in total. The normalized spacial score (nSPS) is 10.3. The molecule has 5 nitrogen and oxygen atoms in total. The maximum absolute atomic E-state index is 11.9. The van der Waals surface area contributed by atoms with Crippen molar-refractivity contribution in [3.8, 4) is 5.75 Å². The summed E-state index contributed by atoms with van der Waals surface area (Å²) in [5.41, 5.74) is 2.29. The van der Waals surface area contributed by atoms with Gasteiger partial charge in [-0.1, -0.05) is 19.1 Å². The van der Waals surface area contributed by atoms with Crippen molar-refractivity contribution in [3.63, 3.8) is 0 Å². The third-order valence-corrected chi connectivity index (χ3v) is 3.31. The molecule has 0 spiro atoms. The Hall–Kier alpha value is -2.82. The van der Waals surface area contributed by atoms with Gasteiger partial charge in [0, 0.05) is 11.4 Å². The van der Waals surface area contributed by atoms with Crippen LogP contribution >= 0.6 is 0 Å². The minimum Gasteiger partial charge on any atom is -0.491 e. The molecule has 0 aromatic heterocycles. The molecule has 0 unspecified atom stereocenters. The fraction of sp³-hybridized carbons (Fsp3) is 0.263. The summed E-state index contributed by atoms with van der Waals surface area (Å²) in [4.78, 5) is 23.9. The van der Waals surface area contributed by atoms with E-state index in [0.29, 0.717) is 17.1 Å². The second kappa shape index (κ2) is 8.15. The van der Waals surface area contributed by atoms with Crippen molar-refractivity contribution in [1.29, 1.82) is 0 Å². The zero-order valence-corrected chi connectivity index (χ0v) is 14.1. The summed E-state index contributed by atoms with van der Waals surface area (Å²) in [6.07, 6.45) is 1.00. The van der Waals surface area contributed by atoms with Crippen molar-refractivity contribution in [2.45, 2.75) is 33.3 Å². The van der Waals surface area contributed by atoms with Gasteiger partial charge < -0.3 is 15.4 Å². The van der Waals surface area contributed by atoms with E-state index in [1.165, 1.54) is 5.56 Å². The van der Waals surface area contributed by atoms with Crippen LogP contribution in [-0.2, 0) is 16.0 Å². The molecule has 24 heavy (non-hydrogen) atoms. The van der Waals surface area contributed by atoms with Crippen molar-refractivity contribution in [1.82, 2.24) is 0 Å². The molecule has 0 radical (unpaired) electrons. The lowest BCUT2D eigenvalue weighted by atomic mass is 10.1. The van der Waals surface area contributed by atoms with Gasteiger partial charge in [0.05, 0.1) is 6.10 Å². The van der Waals surface area contributed by atoms with Crippen molar-refractivity contribution >= 4 is 23.2 Å². The van der Waals surface area contributed by atoms with Crippen LogP contribution in [0, 0.1) is 0 Å². The third kappa shape index (κ3) is 5.12. The highest BCUT2D eigenvalue weighted by molar-refractivity contribution is 6.43. The van der Waals surface area contributed by atoms with Gasteiger partial charge in [-0.05, 0) is 62.2 Å². The average Bonchev–Trinajstić information content (AvgIpc) is 2.56. The topological polar surface area (TPSA) is 67.4 Å². The van der Waals surface area contributed by atoms with Crippen molar-refractivity contribution in [3.05, 3.63) is 54.1 Å². The SMILES string of the molecule is CCc1ccc(NC(=O)C(=O)Nc2ccc(OC(C)C)cc2)cc1. The van der Waals surface area contributed by atoms with Crippen molar-refractivity contribution < 1.29 is 14.3 Å². The van der Waals surface area contributed by atoms with Crippen LogP contribution in [0.2, 0.25) is 0 Å². The highest BCUT2D eigenvalue weighted by Gasteiger charge is 2.14. The van der Waals surface area contributed by atoms with Crippen LogP contribution in [0.25, 0.3) is 0 Å². The fourth-order valence-corrected chi connectivity index (χ4v) is 2.09. The molecule has 2 aromatic rings. The predicted molar refractivity (Wildman–Crippen MR) is 95.3 cm³/mol. The Labute approximate surface area is 142 Å². The zero-order valence-electron chi connectivity index (χ0n) is 14.1. The summed E-state index contributed by atoms with van der Waals surface area (Å²) in [6, 6.07) is 14.3. The van der Waals surface area contributed by atoms with E-state index in [1.807, 2.05) is 26.0 Å². The number of nitrogens with one attached hydrogen (secondary N) is 2. The number of aryl methyl sites for hydroxylation is 1. The van der Waals surface area contributed by atoms with Gasteiger partial charge in [-0.15, -0.1) is 0 Å². The number of benzene rings is 2. The van der Waals surface area contributed by atoms with Crippen LogP contribution in [0.15, 0.2) is 48.5 Å². The van der Waals surface area contributed by atoms with Crippen molar-refractivity contribution in [2.24, 2.45) is 0 Å². The first-order chi connectivity index (χ1) is 11.5. The number of hydrogen-bond acceptors (Lipinski definition) is 3. The highest BCUT2D eigenvalue weighted by atomic mass is 16.5. The molecular formula is C19H22N2O3. The Kier molecular flexibility index (Phi) is 5.95. The molecule has 2 aromatic carbocycles. The van der Waals surface area contributed by atoms with Crippen LogP contribution in [0.5, 0.6) is 5.75 Å². The first-order valence-corrected chi connectivity index (χ1v) is 7.96. The second-order valence-corrected chi connectivity index (χ2v) is 5.65. The van der Waals surface area contributed by atoms with E-state index in [1.54, 1.807) is 36.4 Å². The van der Waals surface area contributed by atoms with E-state index in [9.17, 15) is 9.59 Å². The first kappa shape index (κ1) is 17.5. The van der Waals surface area contributed by atoms with Crippen LogP contribution in [-0.4, -0.2) is 17.9 Å². The van der Waals surface area contributed by atoms with Gasteiger partial charge in [0.1, 0.15) is 5.75 Å². The second-order valence-electron chi connectivity index (χ2n) is 5.65. The van der Waals surface area contributed by atoms with Gasteiger partial charge >= 0.3 is 11.8 Å². The average molecular weight is 326 g/mol. The summed E-state index contributed by atoms with van der Waals surface area (Å²) >= 11 is 0. The number of hydrogen-bond donors (Lipinski definition) is 2. The van der Waals surface area contributed by atoms with Gasteiger partial charge in [-0.25, -0.2) is 0 Å². The lowest BCUT2D eigenvalue weighted by molar-refractivity contribution is -0.132. The molecule has 0 aliphatic carbocycles. The lowest BCUT2D eigenvalue weighted by Gasteiger charge is -2.10. The van der Waals surface area contributed by atoms with Crippen molar-refractivity contribution in [2.75, 3.05) is 10.6 Å². The molecule has 0 heterocycles. The quantitative estimate of drug-likeness (QED) is 0.825. The Morgan fingerprint density at radius 3 is 1.75 bits per heavy atom. The molecule has 0 aliphatic rings. The summed E-state index contributed by atoms with van der Waals surface area (Å²) in [5.74, 6) is -0.711. The molecule has 0 aliphatic heterocycles. The van der Waals surface area contributed by atoms with Crippen LogP contribution in [0.4, 0.5) is 11.4 Å². The van der Waals surface area contributed by atoms with Gasteiger partial charge in [0.2, 0.25) is 0 Å². The van der Waals surface area contributed by atoms with Gasteiger partial charge in [0.15, 0.2) is 0 Å². The lowest BCUT2D eigenvalue weighted by Crippen LogP contribution is -2.29. The zero-order chi connectivity index (χ0) is 17.5. The molecule has 2 amide bonds. The largest absolute Gasteiger partial charge is 0.491 e. The van der Waals surface area contributed by atoms with E-state index < -0.39 is 11.8 Å². The van der Waals surface area contributed by atoms with E-state index in [2.05, 4.69) is 17.6 Å². The molecule has 0 saturated heterocycles. The third-order valence-electron chi connectivity index (χ3n) is 3.31. The Bertz CT molecular complexity index is 692.